The van der Waals surface area contributed by atoms with Gasteiger partial charge in [-0.15, -0.1) is 0 Å². The monoisotopic (exact) mass is 498 g/mol. The molecular formula is C22H20ClFN8O3. The van der Waals surface area contributed by atoms with Gasteiger partial charge in [-0.2, -0.15) is 0 Å². The standard InChI is InChI=1S/C22H20ClFN8O3/c1-25-21(34)16-6-15(33)22(35-16)32-10-29-17-19(28-9-14-5-12(23)2-3-27-14)30-18(31-20(17)32)11-4-13(24)8-26-7-11/h2-5,7-8,10,15-16,22,33H,6,9H2,1H3,(H,25,34)(H,28,30,31)/t15-,16+,22-/m1/s1. The average molecular weight is 499 g/mol. The number of halogens is 2. The molecule has 180 valence electrons. The summed E-state index contributed by atoms with van der Waals surface area (Å²) in [6.07, 6.45) is 2.98. The minimum absolute atomic E-state index is 0.112. The van der Waals surface area contributed by atoms with Crippen LogP contribution in [0.4, 0.5) is 10.2 Å². The van der Waals surface area contributed by atoms with Gasteiger partial charge < -0.3 is 20.5 Å². The molecule has 1 saturated heterocycles. The van der Waals surface area contributed by atoms with Gasteiger partial charge in [0.25, 0.3) is 0 Å². The number of hydrogen-bond donors (Lipinski definition) is 3. The Labute approximate surface area is 203 Å². The Morgan fingerprint density at radius 1 is 1.31 bits per heavy atom. The molecule has 1 aliphatic heterocycles. The van der Waals surface area contributed by atoms with Crippen LogP contribution in [0.1, 0.15) is 18.3 Å². The number of aromatic nitrogens is 6. The number of carbonyl (C=O) groups excluding carboxylic acids is 1. The number of hydrogen-bond acceptors (Lipinski definition) is 9. The van der Waals surface area contributed by atoms with Gasteiger partial charge in [0, 0.05) is 36.4 Å². The van der Waals surface area contributed by atoms with Crippen molar-refractivity contribution in [1.29, 1.82) is 0 Å². The molecule has 5 rings (SSSR count). The van der Waals surface area contributed by atoms with Crippen LogP contribution in [0.15, 0.2) is 43.1 Å². The van der Waals surface area contributed by atoms with E-state index in [1.54, 1.807) is 18.3 Å². The summed E-state index contributed by atoms with van der Waals surface area (Å²) in [5.74, 6) is -0.345. The van der Waals surface area contributed by atoms with Gasteiger partial charge in [-0.05, 0) is 18.2 Å². The van der Waals surface area contributed by atoms with Crippen molar-refractivity contribution in [3.63, 3.8) is 0 Å². The fraction of sp³-hybridized carbons (Fsp3) is 0.273. The van der Waals surface area contributed by atoms with E-state index in [1.165, 1.54) is 30.2 Å². The average Bonchev–Trinajstić information content (AvgIpc) is 3.45. The highest BCUT2D eigenvalue weighted by atomic mass is 35.5. The third kappa shape index (κ3) is 4.63. The maximum absolute atomic E-state index is 13.9. The lowest BCUT2D eigenvalue weighted by molar-refractivity contribution is -0.134. The van der Waals surface area contributed by atoms with Crippen LogP contribution in [0.2, 0.25) is 5.02 Å². The molecular weight excluding hydrogens is 479 g/mol. The molecule has 0 radical (unpaired) electrons. The maximum atomic E-state index is 13.9. The number of pyridine rings is 2. The Balaban J connectivity index is 1.57. The van der Waals surface area contributed by atoms with Crippen molar-refractivity contribution in [2.24, 2.45) is 0 Å². The number of imidazole rings is 1. The second kappa shape index (κ2) is 9.49. The molecule has 0 spiro atoms. The summed E-state index contributed by atoms with van der Waals surface area (Å²) in [6.45, 7) is 0.279. The summed E-state index contributed by atoms with van der Waals surface area (Å²) in [7, 11) is 1.50. The normalized spacial score (nSPS) is 19.7. The van der Waals surface area contributed by atoms with Crippen molar-refractivity contribution in [3.8, 4) is 11.4 Å². The molecule has 1 aliphatic rings. The van der Waals surface area contributed by atoms with Gasteiger partial charge >= 0.3 is 0 Å². The van der Waals surface area contributed by atoms with Crippen LogP contribution >= 0.6 is 11.6 Å². The van der Waals surface area contributed by atoms with Gasteiger partial charge in [-0.25, -0.2) is 19.3 Å². The van der Waals surface area contributed by atoms with Crippen molar-refractivity contribution in [1.82, 2.24) is 34.8 Å². The van der Waals surface area contributed by atoms with Gasteiger partial charge in [-0.3, -0.25) is 19.3 Å². The van der Waals surface area contributed by atoms with Crippen molar-refractivity contribution >= 4 is 34.5 Å². The highest BCUT2D eigenvalue weighted by Gasteiger charge is 2.39. The Bertz CT molecular complexity index is 1400. The van der Waals surface area contributed by atoms with Crippen LogP contribution in [0.25, 0.3) is 22.6 Å². The van der Waals surface area contributed by atoms with E-state index in [-0.39, 0.29) is 24.7 Å². The number of nitrogens with zero attached hydrogens (tertiary/aromatic N) is 6. The molecule has 0 aliphatic carbocycles. The number of likely N-dealkylation sites (N-methyl/N-ethyl adjacent to an activating group) is 1. The van der Waals surface area contributed by atoms with Crippen molar-refractivity contribution in [3.05, 3.63) is 59.7 Å². The summed E-state index contributed by atoms with van der Waals surface area (Å²) in [5, 5.41) is 16.8. The van der Waals surface area contributed by atoms with Crippen molar-refractivity contribution < 1.29 is 19.0 Å². The third-order valence-electron chi connectivity index (χ3n) is 5.50. The number of aliphatic hydroxyl groups excluding tert-OH is 1. The summed E-state index contributed by atoms with van der Waals surface area (Å²) >= 11 is 6.06. The Morgan fingerprint density at radius 3 is 2.94 bits per heavy atom. The molecule has 0 saturated carbocycles. The van der Waals surface area contributed by atoms with E-state index >= 15 is 0 Å². The molecule has 13 heteroatoms. The molecule has 3 atom stereocenters. The largest absolute Gasteiger partial charge is 0.388 e. The molecule has 4 aromatic rings. The minimum atomic E-state index is -0.976. The second-order valence-electron chi connectivity index (χ2n) is 7.86. The van der Waals surface area contributed by atoms with Crippen molar-refractivity contribution in [2.75, 3.05) is 12.4 Å². The SMILES string of the molecule is CNC(=O)[C@@H]1C[C@@H](O)[C@H](n2cnc3c(NCc4cc(Cl)ccn4)nc(-c4cncc(F)c4)nc32)O1. The molecule has 3 N–H and O–H groups in total. The number of amides is 1. The van der Waals surface area contributed by atoms with Gasteiger partial charge in [0.15, 0.2) is 29.0 Å². The molecule has 5 heterocycles. The first-order valence-electron chi connectivity index (χ1n) is 10.7. The zero-order chi connectivity index (χ0) is 24.5. The molecule has 0 aromatic carbocycles. The van der Waals surface area contributed by atoms with Gasteiger partial charge in [0.05, 0.1) is 24.8 Å². The number of carbonyl (C=O) groups is 1. The molecule has 4 aromatic heterocycles. The third-order valence-corrected chi connectivity index (χ3v) is 5.74. The number of ether oxygens (including phenoxy) is 1. The lowest BCUT2D eigenvalue weighted by atomic mass is 10.2. The first-order valence-corrected chi connectivity index (χ1v) is 11.1. The minimum Gasteiger partial charge on any atom is -0.388 e. The van der Waals surface area contributed by atoms with E-state index in [9.17, 15) is 14.3 Å². The molecule has 35 heavy (non-hydrogen) atoms. The maximum Gasteiger partial charge on any atom is 0.249 e. The van der Waals surface area contributed by atoms with E-state index in [4.69, 9.17) is 16.3 Å². The van der Waals surface area contributed by atoms with E-state index < -0.39 is 24.3 Å². The first kappa shape index (κ1) is 23.0. The fourth-order valence-electron chi connectivity index (χ4n) is 3.84. The predicted octanol–water partition coefficient (Wildman–Crippen LogP) is 2.08. The molecule has 1 amide bonds. The van der Waals surface area contributed by atoms with E-state index in [2.05, 4.69) is 35.6 Å². The smallest absolute Gasteiger partial charge is 0.249 e. The van der Waals surface area contributed by atoms with Crippen LogP contribution in [-0.2, 0) is 16.1 Å². The lowest BCUT2D eigenvalue weighted by Gasteiger charge is -2.17. The highest BCUT2D eigenvalue weighted by molar-refractivity contribution is 6.30. The lowest BCUT2D eigenvalue weighted by Crippen LogP contribution is -2.31. The van der Waals surface area contributed by atoms with Crippen LogP contribution in [0.5, 0.6) is 0 Å². The fourth-order valence-corrected chi connectivity index (χ4v) is 4.02. The quantitative estimate of drug-likeness (QED) is 0.364. The predicted molar refractivity (Wildman–Crippen MR) is 124 cm³/mol. The number of anilines is 1. The first-order chi connectivity index (χ1) is 16.9. The zero-order valence-electron chi connectivity index (χ0n) is 18.4. The molecule has 0 unspecified atom stereocenters. The number of rotatable bonds is 6. The zero-order valence-corrected chi connectivity index (χ0v) is 19.1. The number of fused-ring (bicyclic) bond motifs is 1. The summed E-state index contributed by atoms with van der Waals surface area (Å²) < 4.78 is 21.2. The van der Waals surface area contributed by atoms with Gasteiger partial charge in [0.1, 0.15) is 18.0 Å². The van der Waals surface area contributed by atoms with E-state index in [1.807, 2.05) is 0 Å². The van der Waals surface area contributed by atoms with Gasteiger partial charge in [0.2, 0.25) is 5.91 Å². The second-order valence-corrected chi connectivity index (χ2v) is 8.30. The highest BCUT2D eigenvalue weighted by Crippen LogP contribution is 2.33. The Kier molecular flexibility index (Phi) is 6.24. The van der Waals surface area contributed by atoms with Crippen LogP contribution in [0.3, 0.4) is 0 Å². The van der Waals surface area contributed by atoms with Crippen LogP contribution in [-0.4, -0.2) is 59.8 Å². The van der Waals surface area contributed by atoms with Crippen molar-refractivity contribution in [2.45, 2.75) is 31.4 Å². The number of aliphatic hydroxyl groups is 1. The van der Waals surface area contributed by atoms with E-state index in [0.717, 1.165) is 6.20 Å². The van der Waals surface area contributed by atoms with Gasteiger partial charge in [-0.1, -0.05) is 11.6 Å². The Morgan fingerprint density at radius 2 is 2.17 bits per heavy atom. The number of nitrogens with one attached hydrogen (secondary N) is 2. The summed E-state index contributed by atoms with van der Waals surface area (Å²) in [4.78, 5) is 33.7. The van der Waals surface area contributed by atoms with Crippen LogP contribution in [0, 0.1) is 5.82 Å². The van der Waals surface area contributed by atoms with Crippen LogP contribution < -0.4 is 10.6 Å². The Hall–Kier alpha value is -3.74. The molecule has 0 bridgehead atoms. The summed E-state index contributed by atoms with van der Waals surface area (Å²) in [6, 6.07) is 4.65. The topological polar surface area (TPSA) is 140 Å². The summed E-state index contributed by atoms with van der Waals surface area (Å²) in [5.41, 5.74) is 1.72. The van der Waals surface area contributed by atoms with E-state index in [0.29, 0.717) is 33.3 Å². The molecule has 1 fully saturated rings. The molecule has 11 nitrogen and oxygen atoms in total.